The molecule has 7 unspecified atom stereocenters. The van der Waals surface area contributed by atoms with Crippen LogP contribution in [0.15, 0.2) is 11.6 Å². The summed E-state index contributed by atoms with van der Waals surface area (Å²) >= 11 is 0. The number of ketones is 2. The maximum atomic E-state index is 12.3. The first-order valence-corrected chi connectivity index (χ1v) is 10.1. The lowest BCUT2D eigenvalue weighted by molar-refractivity contribution is -0.150. The Kier molecular flexibility index (Phi) is 4.03. The molecule has 3 saturated carbocycles. The van der Waals surface area contributed by atoms with Crippen molar-refractivity contribution >= 4 is 11.6 Å². The summed E-state index contributed by atoms with van der Waals surface area (Å²) in [5.74, 6) is 2.63. The van der Waals surface area contributed by atoms with Crippen LogP contribution >= 0.6 is 0 Å². The fourth-order valence-electron chi connectivity index (χ4n) is 7.54. The minimum Gasteiger partial charge on any atom is -0.381 e. The molecule has 0 aromatic rings. The summed E-state index contributed by atoms with van der Waals surface area (Å²) in [6.45, 7) is 6.52. The highest BCUT2D eigenvalue weighted by atomic mass is 16.5. The Morgan fingerprint density at radius 1 is 1.20 bits per heavy atom. The van der Waals surface area contributed by atoms with Crippen LogP contribution in [0.1, 0.15) is 65.7 Å². The van der Waals surface area contributed by atoms with Gasteiger partial charge in [-0.25, -0.2) is 0 Å². The van der Waals surface area contributed by atoms with E-state index < -0.39 is 0 Å². The van der Waals surface area contributed by atoms with Crippen molar-refractivity contribution in [1.82, 2.24) is 0 Å². The van der Waals surface area contributed by atoms with Gasteiger partial charge in [-0.3, -0.25) is 9.59 Å². The van der Waals surface area contributed by atoms with Crippen molar-refractivity contribution in [1.29, 1.82) is 0 Å². The number of methoxy groups -OCH3 is 1. The standard InChI is InChI=1S/C22H32O3/c1-13(23)17-7-8-18-16-6-5-14-11-15(24)9-10-21(14,2)20(16)19(25-4)12-22(17,18)3/h11,16-20H,5-10,12H2,1-4H3. The van der Waals surface area contributed by atoms with Gasteiger partial charge in [-0.05, 0) is 80.1 Å². The number of carbonyl (C=O) groups is 2. The van der Waals surface area contributed by atoms with Gasteiger partial charge in [0.15, 0.2) is 5.78 Å². The zero-order valence-corrected chi connectivity index (χ0v) is 16.1. The predicted octanol–water partition coefficient (Wildman–Crippen LogP) is 4.35. The molecule has 0 radical (unpaired) electrons. The van der Waals surface area contributed by atoms with Gasteiger partial charge in [0.25, 0.3) is 0 Å². The van der Waals surface area contributed by atoms with Crippen molar-refractivity contribution in [2.24, 2.45) is 34.5 Å². The van der Waals surface area contributed by atoms with Crippen molar-refractivity contribution in [3.63, 3.8) is 0 Å². The number of allylic oxidation sites excluding steroid dienone is 1. The number of rotatable bonds is 2. The number of ether oxygens (including phenoxy) is 1. The number of carbonyl (C=O) groups excluding carboxylic acids is 2. The summed E-state index contributed by atoms with van der Waals surface area (Å²) in [6.07, 6.45) is 9.24. The van der Waals surface area contributed by atoms with Gasteiger partial charge in [0, 0.05) is 19.4 Å². The Bertz CT molecular complexity index is 635. The molecular formula is C22H32O3. The highest BCUT2D eigenvalue weighted by Crippen LogP contribution is 2.67. The summed E-state index contributed by atoms with van der Waals surface area (Å²) < 4.78 is 6.08. The van der Waals surface area contributed by atoms with E-state index in [1.807, 2.05) is 13.2 Å². The molecule has 7 atom stereocenters. The quantitative estimate of drug-likeness (QED) is 0.748. The maximum Gasteiger partial charge on any atom is 0.155 e. The average Bonchev–Trinajstić information content (AvgIpc) is 2.91. The van der Waals surface area contributed by atoms with Gasteiger partial charge < -0.3 is 4.74 Å². The highest BCUT2D eigenvalue weighted by molar-refractivity contribution is 5.91. The Morgan fingerprint density at radius 3 is 2.64 bits per heavy atom. The number of hydrogen-bond donors (Lipinski definition) is 0. The second-order valence-electron chi connectivity index (χ2n) is 9.61. The lowest BCUT2D eigenvalue weighted by Crippen LogP contribution is -2.57. The van der Waals surface area contributed by atoms with E-state index in [9.17, 15) is 9.59 Å². The predicted molar refractivity (Wildman–Crippen MR) is 97.1 cm³/mol. The van der Waals surface area contributed by atoms with Gasteiger partial charge in [0.2, 0.25) is 0 Å². The molecule has 4 aliphatic rings. The zero-order chi connectivity index (χ0) is 18.0. The lowest BCUT2D eigenvalue weighted by Gasteiger charge is -2.60. The summed E-state index contributed by atoms with van der Waals surface area (Å²) in [5.41, 5.74) is 1.57. The SMILES string of the molecule is COC1CC2(C)C(C(C)=O)CCC2C2CCC3=CC(=O)CCC3(C)C12. The fraction of sp³-hybridized carbons (Fsp3) is 0.818. The van der Waals surface area contributed by atoms with Crippen molar-refractivity contribution in [2.75, 3.05) is 7.11 Å². The molecule has 0 aliphatic heterocycles. The van der Waals surface area contributed by atoms with E-state index in [0.29, 0.717) is 35.7 Å². The summed E-state index contributed by atoms with van der Waals surface area (Å²) in [6, 6.07) is 0. The van der Waals surface area contributed by atoms with Gasteiger partial charge in [0.1, 0.15) is 5.78 Å². The Hall–Kier alpha value is -0.960. The van der Waals surface area contributed by atoms with Crippen molar-refractivity contribution in [3.05, 3.63) is 11.6 Å². The number of fused-ring (bicyclic) bond motifs is 5. The first-order chi connectivity index (χ1) is 11.8. The third kappa shape index (κ3) is 2.34. The van der Waals surface area contributed by atoms with Crippen LogP contribution < -0.4 is 0 Å². The molecule has 4 aliphatic carbocycles. The van der Waals surface area contributed by atoms with Crippen LogP contribution in [-0.4, -0.2) is 24.8 Å². The van der Waals surface area contributed by atoms with E-state index in [4.69, 9.17) is 4.74 Å². The van der Waals surface area contributed by atoms with E-state index in [0.717, 1.165) is 32.1 Å². The first-order valence-electron chi connectivity index (χ1n) is 10.1. The topological polar surface area (TPSA) is 43.4 Å². The largest absolute Gasteiger partial charge is 0.381 e. The van der Waals surface area contributed by atoms with Crippen LogP contribution in [0.2, 0.25) is 0 Å². The highest BCUT2D eigenvalue weighted by Gasteiger charge is 2.62. The van der Waals surface area contributed by atoms with Crippen LogP contribution in [0.3, 0.4) is 0 Å². The molecule has 3 heteroatoms. The molecule has 0 bridgehead atoms. The minimum absolute atomic E-state index is 0.0930. The van der Waals surface area contributed by atoms with E-state index in [1.165, 1.54) is 12.0 Å². The van der Waals surface area contributed by atoms with Crippen LogP contribution in [-0.2, 0) is 14.3 Å². The molecule has 0 aromatic heterocycles. The zero-order valence-electron chi connectivity index (χ0n) is 16.1. The Labute approximate surface area is 151 Å². The molecule has 25 heavy (non-hydrogen) atoms. The second-order valence-corrected chi connectivity index (χ2v) is 9.61. The molecule has 138 valence electrons. The molecule has 0 N–H and O–H groups in total. The third-order valence-corrected chi connectivity index (χ3v) is 8.66. The fourth-order valence-corrected chi connectivity index (χ4v) is 7.54. The van der Waals surface area contributed by atoms with Gasteiger partial charge >= 0.3 is 0 Å². The summed E-state index contributed by atoms with van der Waals surface area (Å²) in [5, 5.41) is 0. The van der Waals surface area contributed by atoms with E-state index in [1.54, 1.807) is 6.92 Å². The van der Waals surface area contributed by atoms with Crippen molar-refractivity contribution < 1.29 is 14.3 Å². The molecule has 0 saturated heterocycles. The minimum atomic E-state index is 0.0930. The number of Topliss-reactive ketones (excluding diaryl/α,β-unsaturated/α-hetero) is 1. The molecule has 4 rings (SSSR count). The van der Waals surface area contributed by atoms with Crippen molar-refractivity contribution in [3.8, 4) is 0 Å². The van der Waals surface area contributed by atoms with Gasteiger partial charge in [0.05, 0.1) is 6.10 Å². The maximum absolute atomic E-state index is 12.3. The molecule has 3 fully saturated rings. The normalized spacial score (nSPS) is 49.0. The van der Waals surface area contributed by atoms with Crippen LogP contribution in [0.5, 0.6) is 0 Å². The van der Waals surface area contributed by atoms with Gasteiger partial charge in [-0.2, -0.15) is 0 Å². The summed E-state index contributed by atoms with van der Waals surface area (Å²) in [7, 11) is 1.85. The van der Waals surface area contributed by atoms with E-state index in [-0.39, 0.29) is 22.9 Å². The Balaban J connectivity index is 1.75. The summed E-state index contributed by atoms with van der Waals surface area (Å²) in [4.78, 5) is 24.3. The Morgan fingerprint density at radius 2 is 1.96 bits per heavy atom. The number of hydrogen-bond acceptors (Lipinski definition) is 3. The lowest BCUT2D eigenvalue weighted by atomic mass is 9.46. The van der Waals surface area contributed by atoms with E-state index >= 15 is 0 Å². The molecule has 0 spiro atoms. The monoisotopic (exact) mass is 344 g/mol. The average molecular weight is 344 g/mol. The van der Waals surface area contributed by atoms with E-state index in [2.05, 4.69) is 13.8 Å². The van der Waals surface area contributed by atoms with Crippen molar-refractivity contribution in [2.45, 2.75) is 71.8 Å². The molecule has 0 heterocycles. The molecular weight excluding hydrogens is 312 g/mol. The van der Waals surface area contributed by atoms with Gasteiger partial charge in [-0.1, -0.05) is 19.4 Å². The molecule has 0 aromatic carbocycles. The first kappa shape index (κ1) is 17.5. The van der Waals surface area contributed by atoms with Crippen LogP contribution in [0.25, 0.3) is 0 Å². The van der Waals surface area contributed by atoms with Crippen LogP contribution in [0.4, 0.5) is 0 Å². The molecule has 0 amide bonds. The molecule has 3 nitrogen and oxygen atoms in total. The second kappa shape index (κ2) is 5.77. The smallest absolute Gasteiger partial charge is 0.155 e. The van der Waals surface area contributed by atoms with Crippen LogP contribution in [0, 0.1) is 34.5 Å². The third-order valence-electron chi connectivity index (χ3n) is 8.66. The van der Waals surface area contributed by atoms with Gasteiger partial charge in [-0.15, -0.1) is 0 Å².